The molecule has 2 N–H and O–H groups in total. The van der Waals surface area contributed by atoms with Crippen LogP contribution in [0, 0.1) is 13.8 Å². The van der Waals surface area contributed by atoms with Gasteiger partial charge in [-0.15, -0.1) is 0 Å². The number of rotatable bonds is 7. The lowest BCUT2D eigenvalue weighted by atomic mass is 10.1. The molecule has 6 nitrogen and oxygen atoms in total. The Balaban J connectivity index is 1.65. The topological polar surface area (TPSA) is 66.6 Å². The smallest absolute Gasteiger partial charge is 0.253 e. The van der Waals surface area contributed by atoms with Crippen LogP contribution < -0.4 is 20.3 Å². The second kappa shape index (κ2) is 10.6. The first-order chi connectivity index (χ1) is 16.9. The SMILES string of the molecule is COc1ccc(CN(Cc2cc3cc(C)cc(C)c3[nH]c2=O)C(=S)Nc2ccc(OC)cc2)cc1. The Morgan fingerprint density at radius 3 is 2.17 bits per heavy atom. The largest absolute Gasteiger partial charge is 0.497 e. The van der Waals surface area contributed by atoms with Crippen LogP contribution in [0.3, 0.4) is 0 Å². The number of fused-ring (bicyclic) bond motifs is 1. The molecule has 0 aliphatic carbocycles. The van der Waals surface area contributed by atoms with Gasteiger partial charge in [0.1, 0.15) is 11.5 Å². The minimum Gasteiger partial charge on any atom is -0.497 e. The highest BCUT2D eigenvalue weighted by Crippen LogP contribution is 2.21. The van der Waals surface area contributed by atoms with Crippen molar-refractivity contribution in [3.63, 3.8) is 0 Å². The van der Waals surface area contributed by atoms with Gasteiger partial charge in [0.2, 0.25) is 0 Å². The van der Waals surface area contributed by atoms with E-state index in [1.165, 1.54) is 0 Å². The number of anilines is 1. The Morgan fingerprint density at radius 2 is 1.54 bits per heavy atom. The zero-order valence-electron chi connectivity index (χ0n) is 20.3. The van der Waals surface area contributed by atoms with Crippen LogP contribution in [0.2, 0.25) is 0 Å². The van der Waals surface area contributed by atoms with Crippen molar-refractivity contribution >= 4 is 33.9 Å². The Hall–Kier alpha value is -3.84. The van der Waals surface area contributed by atoms with Crippen molar-refractivity contribution in [2.45, 2.75) is 26.9 Å². The molecule has 0 radical (unpaired) electrons. The molecule has 0 amide bonds. The average molecular weight is 488 g/mol. The molecule has 0 atom stereocenters. The molecule has 1 heterocycles. The number of nitrogens with one attached hydrogen (secondary N) is 2. The van der Waals surface area contributed by atoms with E-state index < -0.39 is 0 Å². The highest BCUT2D eigenvalue weighted by Gasteiger charge is 2.15. The van der Waals surface area contributed by atoms with Crippen molar-refractivity contribution in [1.82, 2.24) is 9.88 Å². The molecule has 0 saturated heterocycles. The standard InChI is InChI=1S/C28H29N3O3S/c1-18-13-19(2)26-21(14-18)15-22(27(32)30-26)17-31(16-20-5-9-24(33-3)10-6-20)28(35)29-23-7-11-25(34-4)12-8-23/h5-15H,16-17H2,1-4H3,(H,29,35)(H,30,32). The molecule has 0 unspecified atom stereocenters. The monoisotopic (exact) mass is 487 g/mol. The Labute approximate surface area is 210 Å². The van der Waals surface area contributed by atoms with Gasteiger partial charge < -0.3 is 24.7 Å². The summed E-state index contributed by atoms with van der Waals surface area (Å²) in [5, 5.41) is 4.83. The Bertz CT molecular complexity index is 1400. The number of aromatic nitrogens is 1. The number of ether oxygens (including phenoxy) is 2. The average Bonchev–Trinajstić information content (AvgIpc) is 2.85. The first kappa shape index (κ1) is 24.3. The third-order valence-electron chi connectivity index (χ3n) is 5.89. The van der Waals surface area contributed by atoms with E-state index in [0.29, 0.717) is 23.8 Å². The summed E-state index contributed by atoms with van der Waals surface area (Å²) in [7, 11) is 3.28. The van der Waals surface area contributed by atoms with Crippen molar-refractivity contribution in [2.75, 3.05) is 19.5 Å². The first-order valence-electron chi connectivity index (χ1n) is 11.3. The lowest BCUT2D eigenvalue weighted by molar-refractivity contribution is 0.406. The predicted octanol–water partition coefficient (Wildman–Crippen LogP) is 5.56. The van der Waals surface area contributed by atoms with Crippen LogP contribution in [0.1, 0.15) is 22.3 Å². The van der Waals surface area contributed by atoms with Gasteiger partial charge in [-0.2, -0.15) is 0 Å². The second-order valence-corrected chi connectivity index (χ2v) is 8.92. The van der Waals surface area contributed by atoms with Gasteiger partial charge in [0.15, 0.2) is 5.11 Å². The van der Waals surface area contributed by atoms with Gasteiger partial charge in [0.25, 0.3) is 5.56 Å². The van der Waals surface area contributed by atoms with E-state index in [1.807, 2.05) is 66.4 Å². The van der Waals surface area contributed by atoms with Crippen LogP contribution >= 0.6 is 12.2 Å². The molecular formula is C28H29N3O3S. The van der Waals surface area contributed by atoms with E-state index in [2.05, 4.69) is 29.4 Å². The number of aromatic amines is 1. The number of nitrogens with zero attached hydrogens (tertiary/aromatic N) is 1. The fourth-order valence-electron chi connectivity index (χ4n) is 4.08. The molecule has 0 saturated carbocycles. The summed E-state index contributed by atoms with van der Waals surface area (Å²) in [4.78, 5) is 18.1. The third kappa shape index (κ3) is 5.81. The molecular weight excluding hydrogens is 458 g/mol. The number of hydrogen-bond donors (Lipinski definition) is 2. The van der Waals surface area contributed by atoms with E-state index in [1.54, 1.807) is 14.2 Å². The van der Waals surface area contributed by atoms with E-state index in [4.69, 9.17) is 21.7 Å². The molecule has 0 aliphatic heterocycles. The Kier molecular flexibility index (Phi) is 7.36. The lowest BCUT2D eigenvalue weighted by Gasteiger charge is -2.26. The van der Waals surface area contributed by atoms with Crippen LogP contribution in [0.25, 0.3) is 10.9 Å². The molecule has 0 fully saturated rings. The molecule has 1 aromatic heterocycles. The molecule has 180 valence electrons. The van der Waals surface area contributed by atoms with Gasteiger partial charge in [-0.1, -0.05) is 23.8 Å². The van der Waals surface area contributed by atoms with E-state index in [9.17, 15) is 4.79 Å². The third-order valence-corrected chi connectivity index (χ3v) is 6.25. The van der Waals surface area contributed by atoms with Gasteiger partial charge in [-0.3, -0.25) is 4.79 Å². The lowest BCUT2D eigenvalue weighted by Crippen LogP contribution is -2.35. The van der Waals surface area contributed by atoms with Crippen molar-refractivity contribution in [3.05, 3.63) is 99.3 Å². The molecule has 0 aliphatic rings. The predicted molar refractivity (Wildman–Crippen MR) is 145 cm³/mol. The van der Waals surface area contributed by atoms with Gasteiger partial charge in [-0.05, 0) is 91.1 Å². The zero-order chi connectivity index (χ0) is 24.9. The number of aryl methyl sites for hydroxylation is 2. The van der Waals surface area contributed by atoms with Crippen LogP contribution in [0.4, 0.5) is 5.69 Å². The number of methoxy groups -OCH3 is 2. The van der Waals surface area contributed by atoms with E-state index >= 15 is 0 Å². The zero-order valence-corrected chi connectivity index (χ0v) is 21.2. The summed E-state index contributed by atoms with van der Waals surface area (Å²) in [5.41, 5.74) is 5.49. The minimum atomic E-state index is -0.114. The number of H-pyrrole nitrogens is 1. The van der Waals surface area contributed by atoms with Gasteiger partial charge in [0, 0.05) is 17.8 Å². The van der Waals surface area contributed by atoms with Crippen molar-refractivity contribution in [1.29, 1.82) is 0 Å². The summed E-state index contributed by atoms with van der Waals surface area (Å²) in [6.07, 6.45) is 0. The van der Waals surface area contributed by atoms with Gasteiger partial charge >= 0.3 is 0 Å². The maximum Gasteiger partial charge on any atom is 0.253 e. The molecule has 4 rings (SSSR count). The van der Waals surface area contributed by atoms with Gasteiger partial charge in [0.05, 0.1) is 26.3 Å². The molecule has 7 heteroatoms. The summed E-state index contributed by atoms with van der Waals surface area (Å²) < 4.78 is 10.5. The second-order valence-electron chi connectivity index (χ2n) is 8.53. The van der Waals surface area contributed by atoms with Crippen LogP contribution in [-0.2, 0) is 13.1 Å². The number of pyridine rings is 1. The highest BCUT2D eigenvalue weighted by atomic mass is 32.1. The maximum absolute atomic E-state index is 13.0. The minimum absolute atomic E-state index is 0.114. The van der Waals surface area contributed by atoms with Crippen molar-refractivity contribution in [2.24, 2.45) is 0 Å². The fraction of sp³-hybridized carbons (Fsp3) is 0.214. The summed E-state index contributed by atoms with van der Waals surface area (Å²) in [6.45, 7) is 4.94. The van der Waals surface area contributed by atoms with Crippen molar-refractivity contribution in [3.8, 4) is 11.5 Å². The first-order valence-corrected chi connectivity index (χ1v) is 11.7. The molecule has 0 spiro atoms. The van der Waals surface area contributed by atoms with E-state index in [0.717, 1.165) is 44.8 Å². The summed E-state index contributed by atoms with van der Waals surface area (Å²) in [5.74, 6) is 1.56. The Morgan fingerprint density at radius 1 is 0.914 bits per heavy atom. The van der Waals surface area contributed by atoms with Crippen molar-refractivity contribution < 1.29 is 9.47 Å². The molecule has 35 heavy (non-hydrogen) atoms. The van der Waals surface area contributed by atoms with Crippen LogP contribution in [-0.4, -0.2) is 29.2 Å². The van der Waals surface area contributed by atoms with Gasteiger partial charge in [-0.25, -0.2) is 0 Å². The fourth-order valence-corrected chi connectivity index (χ4v) is 4.33. The highest BCUT2D eigenvalue weighted by molar-refractivity contribution is 7.80. The maximum atomic E-state index is 13.0. The quantitative estimate of drug-likeness (QED) is 0.333. The molecule has 0 bridgehead atoms. The number of thiocarbonyl (C=S) groups is 1. The number of hydrogen-bond acceptors (Lipinski definition) is 4. The molecule has 4 aromatic rings. The van der Waals surface area contributed by atoms with Crippen LogP contribution in [0.15, 0.2) is 71.5 Å². The summed E-state index contributed by atoms with van der Waals surface area (Å²) >= 11 is 5.79. The molecule has 3 aromatic carbocycles. The summed E-state index contributed by atoms with van der Waals surface area (Å²) in [6, 6.07) is 21.5. The van der Waals surface area contributed by atoms with E-state index in [-0.39, 0.29) is 5.56 Å². The number of benzene rings is 3. The normalized spacial score (nSPS) is 10.7. The van der Waals surface area contributed by atoms with Crippen LogP contribution in [0.5, 0.6) is 11.5 Å².